The SMILES string of the molecule is O=C(O)C1CC(O)CN1C(=O)c1ccccc1SC(F)F. The average molecular weight is 317 g/mol. The van der Waals surface area contributed by atoms with E-state index in [1.807, 2.05) is 0 Å². The van der Waals surface area contributed by atoms with E-state index in [-0.39, 0.29) is 35.2 Å². The Morgan fingerprint density at radius 3 is 2.62 bits per heavy atom. The number of halogens is 2. The largest absolute Gasteiger partial charge is 0.480 e. The maximum Gasteiger partial charge on any atom is 0.326 e. The van der Waals surface area contributed by atoms with Gasteiger partial charge in [-0.2, -0.15) is 8.78 Å². The number of aliphatic hydroxyl groups is 1. The molecule has 1 saturated heterocycles. The second kappa shape index (κ2) is 6.40. The molecule has 5 nitrogen and oxygen atoms in total. The number of β-amino-alcohol motifs (C(OH)–C–C–N with tert-alkyl or cyclic N) is 1. The number of aliphatic hydroxyl groups excluding tert-OH is 1. The lowest BCUT2D eigenvalue weighted by atomic mass is 10.1. The Labute approximate surface area is 123 Å². The number of benzene rings is 1. The van der Waals surface area contributed by atoms with Gasteiger partial charge >= 0.3 is 5.97 Å². The molecule has 1 aromatic carbocycles. The number of carbonyl (C=O) groups is 2. The van der Waals surface area contributed by atoms with E-state index in [4.69, 9.17) is 5.11 Å². The molecule has 1 aliphatic rings. The summed E-state index contributed by atoms with van der Waals surface area (Å²) in [7, 11) is 0. The third-order valence-corrected chi connectivity index (χ3v) is 3.95. The van der Waals surface area contributed by atoms with Crippen LogP contribution in [0.3, 0.4) is 0 Å². The van der Waals surface area contributed by atoms with Crippen LogP contribution >= 0.6 is 11.8 Å². The predicted octanol–water partition coefficient (Wildman–Crippen LogP) is 1.66. The minimum absolute atomic E-state index is 0.0168. The lowest BCUT2D eigenvalue weighted by molar-refractivity contribution is -0.141. The van der Waals surface area contributed by atoms with Gasteiger partial charge in [-0.25, -0.2) is 4.79 Å². The molecule has 0 bridgehead atoms. The summed E-state index contributed by atoms with van der Waals surface area (Å²) in [6.07, 6.45) is -0.990. The number of likely N-dealkylation sites (tertiary alicyclic amines) is 1. The Hall–Kier alpha value is -1.67. The first-order valence-electron chi connectivity index (χ1n) is 6.16. The summed E-state index contributed by atoms with van der Waals surface area (Å²) >= 11 is 0.232. The topological polar surface area (TPSA) is 77.8 Å². The van der Waals surface area contributed by atoms with Crippen LogP contribution in [0.4, 0.5) is 8.78 Å². The van der Waals surface area contributed by atoms with Gasteiger partial charge in [-0.15, -0.1) is 0 Å². The summed E-state index contributed by atoms with van der Waals surface area (Å²) in [5.74, 6) is -4.57. The highest BCUT2D eigenvalue weighted by Gasteiger charge is 2.39. The van der Waals surface area contributed by atoms with Gasteiger partial charge in [-0.1, -0.05) is 23.9 Å². The molecule has 0 spiro atoms. The third-order valence-electron chi connectivity index (χ3n) is 3.16. The molecule has 1 amide bonds. The van der Waals surface area contributed by atoms with E-state index in [2.05, 4.69) is 0 Å². The highest BCUT2D eigenvalue weighted by Crippen LogP contribution is 2.30. The fourth-order valence-corrected chi connectivity index (χ4v) is 2.90. The highest BCUT2D eigenvalue weighted by atomic mass is 32.2. The fourth-order valence-electron chi connectivity index (χ4n) is 2.27. The van der Waals surface area contributed by atoms with Gasteiger partial charge in [0.05, 0.1) is 11.7 Å². The lowest BCUT2D eigenvalue weighted by Gasteiger charge is -2.22. The van der Waals surface area contributed by atoms with Gasteiger partial charge < -0.3 is 15.1 Å². The van der Waals surface area contributed by atoms with Crippen LogP contribution in [0.15, 0.2) is 29.2 Å². The number of amides is 1. The number of carboxylic acids is 1. The standard InChI is InChI=1S/C13H13F2NO4S/c14-13(15)21-10-4-2-1-3-8(10)11(18)16-6-7(17)5-9(16)12(19)20/h1-4,7,9,13,17H,5-6H2,(H,19,20). The van der Waals surface area contributed by atoms with Crippen molar-refractivity contribution in [3.05, 3.63) is 29.8 Å². The van der Waals surface area contributed by atoms with Gasteiger partial charge in [-0.3, -0.25) is 4.79 Å². The minimum atomic E-state index is -2.68. The molecule has 2 atom stereocenters. The van der Waals surface area contributed by atoms with Crippen LogP contribution in [-0.2, 0) is 4.79 Å². The lowest BCUT2D eigenvalue weighted by Crippen LogP contribution is -2.40. The zero-order valence-corrected chi connectivity index (χ0v) is 11.6. The molecule has 2 rings (SSSR count). The van der Waals surface area contributed by atoms with Crippen molar-refractivity contribution in [3.8, 4) is 0 Å². The predicted molar refractivity (Wildman–Crippen MR) is 71.4 cm³/mol. The van der Waals surface area contributed by atoms with Gasteiger partial charge in [0.25, 0.3) is 11.7 Å². The molecule has 0 radical (unpaired) electrons. The molecule has 0 aliphatic carbocycles. The quantitative estimate of drug-likeness (QED) is 0.826. The number of nitrogens with zero attached hydrogens (tertiary/aromatic N) is 1. The van der Waals surface area contributed by atoms with E-state index < -0.39 is 29.8 Å². The van der Waals surface area contributed by atoms with Crippen molar-refractivity contribution in [1.29, 1.82) is 0 Å². The summed E-state index contributed by atoms with van der Waals surface area (Å²) in [6, 6.07) is 4.65. The van der Waals surface area contributed by atoms with Crippen LogP contribution in [0.1, 0.15) is 16.8 Å². The van der Waals surface area contributed by atoms with Crippen LogP contribution in [-0.4, -0.2) is 51.4 Å². The molecule has 1 fully saturated rings. The molecule has 2 unspecified atom stereocenters. The van der Waals surface area contributed by atoms with E-state index in [0.717, 1.165) is 4.90 Å². The Morgan fingerprint density at radius 2 is 2.00 bits per heavy atom. The van der Waals surface area contributed by atoms with Crippen molar-refractivity contribution >= 4 is 23.6 Å². The maximum absolute atomic E-state index is 12.5. The molecule has 1 aliphatic heterocycles. The van der Waals surface area contributed by atoms with Gasteiger partial charge in [0.15, 0.2) is 0 Å². The number of rotatable bonds is 4. The molecular formula is C13H13F2NO4S. The van der Waals surface area contributed by atoms with Crippen molar-refractivity contribution in [2.24, 2.45) is 0 Å². The van der Waals surface area contributed by atoms with Crippen molar-refractivity contribution in [3.63, 3.8) is 0 Å². The van der Waals surface area contributed by atoms with Crippen LogP contribution in [0.25, 0.3) is 0 Å². The molecule has 0 aromatic heterocycles. The summed E-state index contributed by atoms with van der Waals surface area (Å²) in [5, 5.41) is 18.6. The smallest absolute Gasteiger partial charge is 0.326 e. The zero-order chi connectivity index (χ0) is 15.6. The van der Waals surface area contributed by atoms with Crippen molar-refractivity contribution in [2.75, 3.05) is 6.54 Å². The second-order valence-electron chi connectivity index (χ2n) is 4.58. The molecule has 8 heteroatoms. The first-order valence-corrected chi connectivity index (χ1v) is 7.03. The van der Waals surface area contributed by atoms with E-state index in [1.54, 1.807) is 0 Å². The first-order chi connectivity index (χ1) is 9.90. The van der Waals surface area contributed by atoms with E-state index in [1.165, 1.54) is 24.3 Å². The molecule has 21 heavy (non-hydrogen) atoms. The molecule has 1 aromatic rings. The third kappa shape index (κ3) is 3.51. The molecule has 1 heterocycles. The van der Waals surface area contributed by atoms with E-state index >= 15 is 0 Å². The first kappa shape index (κ1) is 15.7. The van der Waals surface area contributed by atoms with E-state index in [0.29, 0.717) is 0 Å². The van der Waals surface area contributed by atoms with Crippen molar-refractivity contribution < 1.29 is 28.6 Å². The van der Waals surface area contributed by atoms with Crippen LogP contribution < -0.4 is 0 Å². The summed E-state index contributed by atoms with van der Waals surface area (Å²) in [4.78, 5) is 24.6. The molecule has 2 N–H and O–H groups in total. The summed E-state index contributed by atoms with van der Waals surface area (Å²) in [5.41, 5.74) is 0.0168. The number of hydrogen-bond acceptors (Lipinski definition) is 4. The summed E-state index contributed by atoms with van der Waals surface area (Å²) < 4.78 is 25.0. The van der Waals surface area contributed by atoms with E-state index in [9.17, 15) is 23.5 Å². The van der Waals surface area contributed by atoms with Crippen molar-refractivity contribution in [1.82, 2.24) is 4.90 Å². The minimum Gasteiger partial charge on any atom is -0.480 e. The number of hydrogen-bond donors (Lipinski definition) is 2. The zero-order valence-electron chi connectivity index (χ0n) is 10.8. The van der Waals surface area contributed by atoms with Gasteiger partial charge in [0.1, 0.15) is 6.04 Å². The number of alkyl halides is 2. The normalized spacial score (nSPS) is 21.8. The Bertz CT molecular complexity index is 555. The highest BCUT2D eigenvalue weighted by molar-refractivity contribution is 7.99. The van der Waals surface area contributed by atoms with Gasteiger partial charge in [0.2, 0.25) is 0 Å². The second-order valence-corrected chi connectivity index (χ2v) is 5.61. The Balaban J connectivity index is 2.29. The number of carbonyl (C=O) groups excluding carboxylic acids is 1. The fraction of sp³-hybridized carbons (Fsp3) is 0.385. The number of thioether (sulfide) groups is 1. The Morgan fingerprint density at radius 1 is 1.33 bits per heavy atom. The molecule has 114 valence electrons. The number of aliphatic carboxylic acids is 1. The van der Waals surface area contributed by atoms with Crippen molar-refractivity contribution in [2.45, 2.75) is 29.2 Å². The molecule has 0 saturated carbocycles. The van der Waals surface area contributed by atoms with Gasteiger partial charge in [-0.05, 0) is 12.1 Å². The Kier molecular flexibility index (Phi) is 4.79. The molecular weight excluding hydrogens is 304 g/mol. The number of carboxylic acid groups (broad SMARTS) is 1. The average Bonchev–Trinajstić information content (AvgIpc) is 2.80. The maximum atomic E-state index is 12.5. The van der Waals surface area contributed by atoms with Crippen LogP contribution in [0.2, 0.25) is 0 Å². The monoisotopic (exact) mass is 317 g/mol. The van der Waals surface area contributed by atoms with Crippen LogP contribution in [0.5, 0.6) is 0 Å². The summed E-state index contributed by atoms with van der Waals surface area (Å²) in [6.45, 7) is -0.122. The van der Waals surface area contributed by atoms with Gasteiger partial charge in [0, 0.05) is 17.9 Å². The van der Waals surface area contributed by atoms with Crippen LogP contribution in [0, 0.1) is 0 Å².